The fourth-order valence-corrected chi connectivity index (χ4v) is 21.3. The molecule has 95 heavy (non-hydrogen) atoms. The molecule has 0 aliphatic heterocycles. The molecule has 9 atom stereocenters. The number of carbonyl (C=O) groups is 13. The molecular formula is C65H100N12O14P2S2. The van der Waals surface area contributed by atoms with Crippen molar-refractivity contribution in [2.75, 3.05) is 12.3 Å². The van der Waals surface area contributed by atoms with Gasteiger partial charge < -0.3 is 68.9 Å². The topological polar surface area (TPSA) is 386 Å². The molecule has 526 valence electrons. The summed E-state index contributed by atoms with van der Waals surface area (Å²) in [5.74, 6) is -10.4. The van der Waals surface area contributed by atoms with Gasteiger partial charge in [0.1, 0.15) is 71.0 Å². The van der Waals surface area contributed by atoms with Crippen molar-refractivity contribution in [2.45, 2.75) is 243 Å². The lowest BCUT2D eigenvalue weighted by Gasteiger charge is -2.43. The third kappa shape index (κ3) is 23.3. The SMILES string of the molecule is CC(=O)N[C@@H](C)C(=O)NC(C)(C)C(=O)N[C@@H](C)C(=O)N[C@@H](CP(=S)(c1ccccc1)c1ccccc1)C(=O)N[C@@H](C)C(=O)N[C@@H](C)C(=O)NC(C)(C)C(=O)N[C@@H](CP(=S)(C1CCCCC1)C1CCCCC1)C(=O)N[C@@H](C)C(=O)N[C@@H](C)C(=O)NC(C)(C)C(=O)N[C@@H](C)C(=O)O. The summed E-state index contributed by atoms with van der Waals surface area (Å²) in [5.41, 5.74) is -4.64. The van der Waals surface area contributed by atoms with Crippen molar-refractivity contribution in [1.29, 1.82) is 0 Å². The molecule has 0 heterocycles. The maximum atomic E-state index is 14.7. The van der Waals surface area contributed by atoms with Gasteiger partial charge in [-0.3, -0.25) is 62.3 Å². The molecule has 2 aromatic carbocycles. The Balaban J connectivity index is 1.54. The molecule has 4 rings (SSSR count). The molecule has 26 nitrogen and oxygen atoms in total. The lowest BCUT2D eigenvalue weighted by Crippen LogP contribution is -2.63. The first kappa shape index (κ1) is 80.3. The van der Waals surface area contributed by atoms with Crippen molar-refractivity contribution in [1.82, 2.24) is 63.8 Å². The third-order valence-corrected chi connectivity index (χ3v) is 28.7. The van der Waals surface area contributed by atoms with Gasteiger partial charge in [0.2, 0.25) is 70.9 Å². The molecule has 2 fully saturated rings. The van der Waals surface area contributed by atoms with E-state index in [0.717, 1.165) is 64.2 Å². The van der Waals surface area contributed by atoms with E-state index in [1.807, 2.05) is 24.3 Å². The van der Waals surface area contributed by atoms with Gasteiger partial charge in [0.15, 0.2) is 0 Å². The molecule has 2 aliphatic carbocycles. The lowest BCUT2D eigenvalue weighted by atomic mass is 9.99. The predicted octanol–water partition coefficient (Wildman–Crippen LogP) is 1.55. The number of carbonyl (C=O) groups excluding carboxylic acids is 12. The van der Waals surface area contributed by atoms with E-state index in [9.17, 15) is 67.4 Å². The van der Waals surface area contributed by atoms with Crippen LogP contribution in [-0.4, -0.2) is 177 Å². The van der Waals surface area contributed by atoms with E-state index >= 15 is 0 Å². The number of benzene rings is 2. The normalized spacial score (nSPS) is 17.0. The zero-order chi connectivity index (χ0) is 71.6. The lowest BCUT2D eigenvalue weighted by molar-refractivity contribution is -0.142. The molecule has 0 unspecified atom stereocenters. The van der Waals surface area contributed by atoms with Crippen molar-refractivity contribution >= 4 is 123 Å². The summed E-state index contributed by atoms with van der Waals surface area (Å²) in [6.45, 7) is 19.1. The molecule has 13 N–H and O–H groups in total. The highest BCUT2D eigenvalue weighted by Crippen LogP contribution is 2.63. The van der Waals surface area contributed by atoms with Crippen LogP contribution in [0, 0.1) is 0 Å². The van der Waals surface area contributed by atoms with E-state index in [0.29, 0.717) is 10.6 Å². The molecule has 30 heteroatoms. The average molecular weight is 1400 g/mol. The molecule has 0 radical (unpaired) electrons. The van der Waals surface area contributed by atoms with Crippen LogP contribution >= 0.6 is 12.1 Å². The smallest absolute Gasteiger partial charge is 0.325 e. The fraction of sp³-hybridized carbons (Fsp3) is 0.615. The monoisotopic (exact) mass is 1400 g/mol. The fourth-order valence-electron chi connectivity index (χ4n) is 11.1. The van der Waals surface area contributed by atoms with E-state index in [1.54, 1.807) is 36.4 Å². The summed E-state index contributed by atoms with van der Waals surface area (Å²) < 4.78 is 0. The highest BCUT2D eigenvalue weighted by molar-refractivity contribution is 8.22. The minimum absolute atomic E-state index is 0.121. The molecule has 0 spiro atoms. The Morgan fingerprint density at radius 1 is 0.400 bits per heavy atom. The first-order chi connectivity index (χ1) is 44.1. The van der Waals surface area contributed by atoms with Gasteiger partial charge in [-0.05, 0) is 144 Å². The summed E-state index contributed by atoms with van der Waals surface area (Å²) >= 11 is 13.3. The Bertz CT molecular complexity index is 3170. The second-order valence-corrected chi connectivity index (χ2v) is 37.0. The first-order valence-electron chi connectivity index (χ1n) is 32.3. The molecule has 0 bridgehead atoms. The second kappa shape index (κ2) is 35.2. The number of carboxylic acids is 1. The van der Waals surface area contributed by atoms with Crippen molar-refractivity contribution in [3.05, 3.63) is 60.7 Å². The largest absolute Gasteiger partial charge is 0.480 e. The molecule has 0 aromatic heterocycles. The maximum absolute atomic E-state index is 14.7. The molecule has 2 aromatic rings. The van der Waals surface area contributed by atoms with Gasteiger partial charge in [0, 0.05) is 25.3 Å². The number of hydrogen-bond donors (Lipinski definition) is 13. The van der Waals surface area contributed by atoms with Crippen LogP contribution in [0.2, 0.25) is 0 Å². The predicted molar refractivity (Wildman–Crippen MR) is 371 cm³/mol. The van der Waals surface area contributed by atoms with Gasteiger partial charge in [-0.2, -0.15) is 0 Å². The highest BCUT2D eigenvalue weighted by Gasteiger charge is 2.44. The number of carboxylic acid groups (broad SMARTS) is 1. The van der Waals surface area contributed by atoms with Crippen molar-refractivity contribution in [2.24, 2.45) is 0 Å². The highest BCUT2D eigenvalue weighted by atomic mass is 32.4. The van der Waals surface area contributed by atoms with Gasteiger partial charge >= 0.3 is 5.97 Å². The Hall–Kier alpha value is -7.15. The van der Waals surface area contributed by atoms with Crippen molar-refractivity contribution in [3.63, 3.8) is 0 Å². The van der Waals surface area contributed by atoms with Crippen LogP contribution in [0.1, 0.15) is 161 Å². The van der Waals surface area contributed by atoms with Crippen molar-refractivity contribution in [3.8, 4) is 0 Å². The second-order valence-electron chi connectivity index (χ2n) is 26.7. The van der Waals surface area contributed by atoms with E-state index in [-0.39, 0.29) is 23.6 Å². The van der Waals surface area contributed by atoms with Gasteiger partial charge in [-0.1, -0.05) is 123 Å². The van der Waals surface area contributed by atoms with Crippen LogP contribution in [-0.2, 0) is 85.9 Å². The first-order valence-corrected chi connectivity index (χ1v) is 38.5. The summed E-state index contributed by atoms with van der Waals surface area (Å²) in [4.78, 5) is 175. The minimum Gasteiger partial charge on any atom is -0.480 e. The van der Waals surface area contributed by atoms with Crippen LogP contribution in [0.4, 0.5) is 0 Å². The zero-order valence-corrected chi connectivity index (χ0v) is 60.5. The maximum Gasteiger partial charge on any atom is 0.325 e. The van der Waals surface area contributed by atoms with Gasteiger partial charge in [-0.15, -0.1) is 0 Å². The molecule has 2 saturated carbocycles. The average Bonchev–Trinajstić information content (AvgIpc) is 0.813. The number of hydrogen-bond acceptors (Lipinski definition) is 15. The number of amides is 12. The Labute approximate surface area is 568 Å². The Kier molecular flexibility index (Phi) is 29.7. The van der Waals surface area contributed by atoms with Crippen LogP contribution in [0.15, 0.2) is 60.7 Å². The minimum atomic E-state index is -2.98. The third-order valence-electron chi connectivity index (χ3n) is 17.2. The molecule has 0 saturated heterocycles. The molecule has 12 amide bonds. The Morgan fingerprint density at radius 2 is 0.695 bits per heavy atom. The van der Waals surface area contributed by atoms with Crippen LogP contribution in [0.25, 0.3) is 0 Å². The summed E-state index contributed by atoms with van der Waals surface area (Å²) in [5, 5.41) is 41.8. The van der Waals surface area contributed by atoms with Gasteiger partial charge in [-0.25, -0.2) is 0 Å². The molecule has 2 aliphatic rings. The van der Waals surface area contributed by atoms with Crippen molar-refractivity contribution < 1.29 is 67.4 Å². The molecular weight excluding hydrogens is 1300 g/mol. The number of rotatable bonds is 32. The van der Waals surface area contributed by atoms with Crippen LogP contribution in [0.3, 0.4) is 0 Å². The van der Waals surface area contributed by atoms with Crippen LogP contribution < -0.4 is 74.4 Å². The van der Waals surface area contributed by atoms with E-state index in [1.165, 1.54) is 96.9 Å². The number of aliphatic carboxylic acids is 1. The summed E-state index contributed by atoms with van der Waals surface area (Å²) in [6.07, 6.45) is 9.48. The summed E-state index contributed by atoms with van der Waals surface area (Å²) in [6, 6.07) is 1.17. The van der Waals surface area contributed by atoms with E-state index < -0.39 is 160 Å². The van der Waals surface area contributed by atoms with E-state index in [2.05, 4.69) is 63.8 Å². The Morgan fingerprint density at radius 3 is 1.05 bits per heavy atom. The zero-order valence-electron chi connectivity index (χ0n) is 57.1. The quantitative estimate of drug-likeness (QED) is 0.0462. The van der Waals surface area contributed by atoms with Crippen LogP contribution in [0.5, 0.6) is 0 Å². The van der Waals surface area contributed by atoms with Gasteiger partial charge in [0.25, 0.3) is 0 Å². The standard InChI is InChI=1S/C65H100N12O14P2S2/c1-37(69-57(85)49(35-92(94,45-27-19-15-20-28-45)46-29-21-16-22-30-46)73-53(81)39(3)71-60(89)63(9,10)75-54(82)40(4)66-44(8)78)51(79)68-42(6)56(84)77-65(13,14)62(91)74-50(36-93(95,47-31-23-17-24-32-47)48-33-25-18-26-34-48)58(86)70-38(2)52(80)67-41(5)55(83)76-64(11,12)61(90)72-43(7)59(87)88/h15-16,19-22,27-30,37-43,47-50H,17-18,23-26,31-36H2,1-14H3,(H,66,78)(H,67,80)(H,68,79)(H,69,85)(H,70,86)(H,71,89)(H,72,90)(H,73,81)(H,74,91)(H,75,82)(H,76,83)(H,77,84)(H,87,88)/t37-,38-,39-,40-,41-,42-,43-,49-,50-/m0/s1. The van der Waals surface area contributed by atoms with E-state index in [4.69, 9.17) is 23.6 Å². The van der Waals surface area contributed by atoms with Gasteiger partial charge in [0.05, 0.1) is 0 Å². The number of nitrogens with one attached hydrogen (secondary N) is 12. The summed E-state index contributed by atoms with van der Waals surface area (Å²) in [7, 11) is 0.